The van der Waals surface area contributed by atoms with Crippen molar-refractivity contribution in [2.75, 3.05) is 14.1 Å². The molecule has 2 aliphatic rings. The molecule has 2 heterocycles. The first kappa shape index (κ1) is 29.7. The standard InChI is InChI=1S/C30H40N4O5/c1-18(2)26(34(5)6)30(38)33-25-27(19(3)4)39-23-13-9-20(10-14-23)15-16-31-28(36)24(32-29(25)37)17-21-7-11-22(35)12-8-21/h7-16,18-19,24-27,35H,17H2,1-6H3,(H,31,36)(H,32,37)(H,33,38). The number of nitrogens with zero attached hydrogens (tertiary/aromatic N) is 1. The van der Waals surface area contributed by atoms with Gasteiger partial charge in [0.1, 0.15) is 29.7 Å². The molecule has 2 aromatic rings. The van der Waals surface area contributed by atoms with Crippen LogP contribution >= 0.6 is 0 Å². The molecule has 4 atom stereocenters. The van der Waals surface area contributed by atoms with Crippen molar-refractivity contribution in [1.29, 1.82) is 0 Å². The van der Waals surface area contributed by atoms with E-state index in [1.807, 2.05) is 58.8 Å². The molecule has 4 unspecified atom stereocenters. The van der Waals surface area contributed by atoms with Gasteiger partial charge in [-0.2, -0.15) is 0 Å². The van der Waals surface area contributed by atoms with Crippen molar-refractivity contribution >= 4 is 23.8 Å². The van der Waals surface area contributed by atoms with Gasteiger partial charge < -0.3 is 25.8 Å². The van der Waals surface area contributed by atoms with E-state index in [0.717, 1.165) is 11.1 Å². The van der Waals surface area contributed by atoms with E-state index in [9.17, 15) is 19.5 Å². The summed E-state index contributed by atoms with van der Waals surface area (Å²) in [5.41, 5.74) is 1.61. The van der Waals surface area contributed by atoms with Crippen LogP contribution in [0.2, 0.25) is 0 Å². The minimum atomic E-state index is -1.08. The second kappa shape index (κ2) is 13.3. The Morgan fingerprint density at radius 2 is 1.64 bits per heavy atom. The van der Waals surface area contributed by atoms with Gasteiger partial charge in [-0.15, -0.1) is 0 Å². The van der Waals surface area contributed by atoms with Gasteiger partial charge in [-0.3, -0.25) is 19.3 Å². The highest BCUT2D eigenvalue weighted by Gasteiger charge is 2.38. The lowest BCUT2D eigenvalue weighted by molar-refractivity contribution is -0.136. The third-order valence-corrected chi connectivity index (χ3v) is 6.69. The van der Waals surface area contributed by atoms with Gasteiger partial charge in [0.25, 0.3) is 0 Å². The summed E-state index contributed by atoms with van der Waals surface area (Å²) in [6.07, 6.45) is 2.74. The molecule has 210 valence electrons. The molecule has 0 aliphatic carbocycles. The van der Waals surface area contributed by atoms with Crippen molar-refractivity contribution in [3.8, 4) is 11.5 Å². The van der Waals surface area contributed by atoms with E-state index in [1.165, 1.54) is 18.3 Å². The van der Waals surface area contributed by atoms with Crippen LogP contribution in [0.4, 0.5) is 0 Å². The molecule has 39 heavy (non-hydrogen) atoms. The first-order chi connectivity index (χ1) is 18.5. The molecule has 3 amide bonds. The molecule has 0 radical (unpaired) electrons. The van der Waals surface area contributed by atoms with Gasteiger partial charge in [0, 0.05) is 12.6 Å². The summed E-state index contributed by atoms with van der Waals surface area (Å²) in [5.74, 6) is -0.744. The number of likely N-dealkylation sites (N-methyl/N-ethyl adjacent to an activating group) is 1. The molecule has 0 aromatic heterocycles. The van der Waals surface area contributed by atoms with Crippen LogP contribution in [-0.2, 0) is 20.8 Å². The van der Waals surface area contributed by atoms with Crippen LogP contribution in [0.5, 0.6) is 11.5 Å². The van der Waals surface area contributed by atoms with Crippen LogP contribution in [-0.4, -0.2) is 66.1 Å². The van der Waals surface area contributed by atoms with Crippen LogP contribution in [0.25, 0.3) is 6.08 Å². The van der Waals surface area contributed by atoms with Crippen LogP contribution in [0.15, 0.2) is 54.7 Å². The minimum absolute atomic E-state index is 0.00709. The van der Waals surface area contributed by atoms with E-state index in [1.54, 1.807) is 30.3 Å². The second-order valence-electron chi connectivity index (χ2n) is 10.8. The predicted molar refractivity (Wildman–Crippen MR) is 151 cm³/mol. The number of hydrogen-bond donors (Lipinski definition) is 4. The average molecular weight is 537 g/mol. The molecule has 0 fully saturated rings. The molecule has 0 saturated heterocycles. The van der Waals surface area contributed by atoms with E-state index >= 15 is 0 Å². The lowest BCUT2D eigenvalue weighted by Crippen LogP contribution is -2.62. The van der Waals surface area contributed by atoms with Gasteiger partial charge in [-0.25, -0.2) is 0 Å². The Labute approximate surface area is 230 Å². The monoisotopic (exact) mass is 536 g/mol. The summed E-state index contributed by atoms with van der Waals surface area (Å²) in [6, 6.07) is 11.2. The molecule has 2 aliphatic heterocycles. The van der Waals surface area contributed by atoms with Gasteiger partial charge in [0.15, 0.2) is 0 Å². The molecule has 0 saturated carbocycles. The van der Waals surface area contributed by atoms with Gasteiger partial charge >= 0.3 is 0 Å². The van der Waals surface area contributed by atoms with Gasteiger partial charge in [-0.05, 0) is 67.4 Å². The summed E-state index contributed by atoms with van der Waals surface area (Å²) < 4.78 is 6.31. The zero-order valence-electron chi connectivity index (χ0n) is 23.5. The SMILES string of the molecule is CC(C)C1Oc2ccc(cc2)C=CNC(=O)C(Cc2ccc(O)cc2)NC(=O)C1NC(=O)C(C(C)C)N(C)C. The number of hydrogen-bond acceptors (Lipinski definition) is 6. The van der Waals surface area contributed by atoms with E-state index in [-0.39, 0.29) is 29.9 Å². The minimum Gasteiger partial charge on any atom is -0.508 e. The number of carbonyl (C=O) groups is 3. The van der Waals surface area contributed by atoms with Crippen molar-refractivity contribution in [2.24, 2.45) is 11.8 Å². The number of ether oxygens (including phenoxy) is 1. The molecular formula is C30H40N4O5. The van der Waals surface area contributed by atoms with Crippen molar-refractivity contribution < 1.29 is 24.2 Å². The first-order valence-corrected chi connectivity index (χ1v) is 13.2. The molecule has 4 N–H and O–H groups in total. The van der Waals surface area contributed by atoms with E-state index < -0.39 is 36.0 Å². The van der Waals surface area contributed by atoms with Crippen molar-refractivity contribution in [3.05, 3.63) is 65.9 Å². The molecule has 9 heteroatoms. The molecule has 0 spiro atoms. The second-order valence-corrected chi connectivity index (χ2v) is 10.8. The maximum absolute atomic E-state index is 13.9. The maximum Gasteiger partial charge on any atom is 0.247 e. The largest absolute Gasteiger partial charge is 0.508 e. The lowest BCUT2D eigenvalue weighted by atomic mass is 9.95. The van der Waals surface area contributed by atoms with Crippen molar-refractivity contribution in [1.82, 2.24) is 20.9 Å². The third kappa shape index (κ3) is 8.07. The summed E-state index contributed by atoms with van der Waals surface area (Å²) in [4.78, 5) is 42.4. The van der Waals surface area contributed by atoms with Crippen LogP contribution in [0.1, 0.15) is 38.8 Å². The Morgan fingerprint density at radius 3 is 2.21 bits per heavy atom. The highest BCUT2D eigenvalue weighted by molar-refractivity contribution is 5.94. The van der Waals surface area contributed by atoms with Crippen LogP contribution in [0.3, 0.4) is 0 Å². The number of aromatic hydroxyl groups is 1. The third-order valence-electron chi connectivity index (χ3n) is 6.69. The zero-order valence-corrected chi connectivity index (χ0v) is 23.5. The quantitative estimate of drug-likeness (QED) is 0.432. The number of amides is 3. The highest BCUT2D eigenvalue weighted by Crippen LogP contribution is 2.21. The number of carbonyl (C=O) groups excluding carboxylic acids is 3. The summed E-state index contributed by atoms with van der Waals surface area (Å²) in [6.45, 7) is 7.73. The topological polar surface area (TPSA) is 120 Å². The van der Waals surface area contributed by atoms with Crippen LogP contribution < -0.4 is 20.7 Å². The van der Waals surface area contributed by atoms with Gasteiger partial charge in [-0.1, -0.05) is 52.0 Å². The van der Waals surface area contributed by atoms with Crippen LogP contribution in [0, 0.1) is 11.8 Å². The number of phenols is 1. The number of rotatable bonds is 7. The van der Waals surface area contributed by atoms with Crippen molar-refractivity contribution in [2.45, 2.75) is 58.3 Å². The summed E-state index contributed by atoms with van der Waals surface area (Å²) in [5, 5.41) is 18.2. The Morgan fingerprint density at radius 1 is 1.00 bits per heavy atom. The Kier molecular flexibility index (Phi) is 10.1. The zero-order chi connectivity index (χ0) is 28.7. The Hall–Kier alpha value is -3.85. The molecule has 9 nitrogen and oxygen atoms in total. The van der Waals surface area contributed by atoms with Crippen molar-refractivity contribution in [3.63, 3.8) is 0 Å². The summed E-state index contributed by atoms with van der Waals surface area (Å²) in [7, 11) is 3.64. The number of fused-ring (bicyclic) bond motifs is 10. The fourth-order valence-corrected chi connectivity index (χ4v) is 4.73. The molecular weight excluding hydrogens is 496 g/mol. The van der Waals surface area contributed by atoms with E-state index in [4.69, 9.17) is 4.74 Å². The molecule has 2 bridgehead atoms. The fraction of sp³-hybridized carbons (Fsp3) is 0.433. The predicted octanol–water partition coefficient (Wildman–Crippen LogP) is 2.69. The first-order valence-electron chi connectivity index (χ1n) is 13.2. The number of phenolic OH excluding ortho intramolecular Hbond substituents is 1. The maximum atomic E-state index is 13.9. The normalized spacial score (nSPS) is 20.8. The number of benzene rings is 2. The Bertz CT molecular complexity index is 1150. The molecule has 4 rings (SSSR count). The van der Waals surface area contributed by atoms with E-state index in [2.05, 4.69) is 16.0 Å². The lowest BCUT2D eigenvalue weighted by Gasteiger charge is -2.34. The smallest absolute Gasteiger partial charge is 0.247 e. The van der Waals surface area contributed by atoms with E-state index in [0.29, 0.717) is 5.75 Å². The Balaban J connectivity index is 2.03. The summed E-state index contributed by atoms with van der Waals surface area (Å²) >= 11 is 0. The number of nitrogens with one attached hydrogen (secondary N) is 3. The fourth-order valence-electron chi connectivity index (χ4n) is 4.73. The van der Waals surface area contributed by atoms with Gasteiger partial charge in [0.05, 0.1) is 6.04 Å². The average Bonchev–Trinajstić information content (AvgIpc) is 2.86. The molecule has 2 aromatic carbocycles. The van der Waals surface area contributed by atoms with Gasteiger partial charge in [0.2, 0.25) is 17.7 Å². The highest BCUT2D eigenvalue weighted by atomic mass is 16.5.